The van der Waals surface area contributed by atoms with E-state index in [0.717, 1.165) is 36.3 Å². The van der Waals surface area contributed by atoms with E-state index >= 15 is 0 Å². The largest absolute Gasteiger partial charge is 0.370 e. The molecule has 0 radical (unpaired) electrons. The summed E-state index contributed by atoms with van der Waals surface area (Å²) in [7, 11) is 0. The molecule has 0 fully saturated rings. The molecule has 2 heterocycles. The molecule has 2 aromatic rings. The number of hydrogen-bond donors (Lipinski definition) is 0. The van der Waals surface area contributed by atoms with Gasteiger partial charge in [0.05, 0.1) is 11.4 Å². The second-order valence-electron chi connectivity index (χ2n) is 4.73. The first-order chi connectivity index (χ1) is 9.76. The first-order valence-electron chi connectivity index (χ1n) is 6.99. The van der Waals surface area contributed by atoms with E-state index in [1.807, 2.05) is 24.5 Å². The molecule has 0 aliphatic rings. The van der Waals surface area contributed by atoms with Crippen LogP contribution < -0.4 is 4.90 Å². The second kappa shape index (κ2) is 6.85. The smallest absolute Gasteiger partial charge is 0.0606 e. The van der Waals surface area contributed by atoms with E-state index in [9.17, 15) is 0 Å². The van der Waals surface area contributed by atoms with E-state index in [2.05, 4.69) is 47.4 Å². The summed E-state index contributed by atoms with van der Waals surface area (Å²) in [4.78, 5) is 11.0. The summed E-state index contributed by atoms with van der Waals surface area (Å²) < 4.78 is 0. The van der Waals surface area contributed by atoms with Crippen LogP contribution in [0.2, 0.25) is 0 Å². The monoisotopic (exact) mass is 267 g/mol. The Bertz CT molecular complexity index is 564. The lowest BCUT2D eigenvalue weighted by molar-refractivity contribution is 0.815. The number of pyridine rings is 2. The SMILES string of the molecule is C=CCCN(CC)c1cc(-c2cccnc2)cnc1C. The third-order valence-electron chi connectivity index (χ3n) is 3.38. The van der Waals surface area contributed by atoms with Crippen LogP contribution >= 0.6 is 0 Å². The fraction of sp³-hybridized carbons (Fsp3) is 0.294. The summed E-state index contributed by atoms with van der Waals surface area (Å²) in [6.45, 7) is 9.95. The van der Waals surface area contributed by atoms with Gasteiger partial charge in [0.15, 0.2) is 0 Å². The minimum absolute atomic E-state index is 0.965. The Morgan fingerprint density at radius 1 is 1.30 bits per heavy atom. The standard InChI is InChI=1S/C17H21N3/c1-4-6-10-20(5-2)17-11-16(13-19-14(17)3)15-8-7-9-18-12-15/h4,7-9,11-13H,1,5-6,10H2,2-3H3. The highest BCUT2D eigenvalue weighted by molar-refractivity contribution is 5.67. The molecule has 0 unspecified atom stereocenters. The molecule has 3 heteroatoms. The Balaban J connectivity index is 2.35. The minimum atomic E-state index is 0.965. The molecule has 0 spiro atoms. The van der Waals surface area contributed by atoms with Gasteiger partial charge in [-0.3, -0.25) is 9.97 Å². The number of nitrogens with zero attached hydrogens (tertiary/aromatic N) is 3. The molecule has 0 saturated carbocycles. The van der Waals surface area contributed by atoms with Crippen molar-refractivity contribution >= 4 is 5.69 Å². The van der Waals surface area contributed by atoms with Crippen LogP contribution in [0.4, 0.5) is 5.69 Å². The van der Waals surface area contributed by atoms with Crippen molar-refractivity contribution in [3.05, 3.63) is 55.1 Å². The molecule has 0 saturated heterocycles. The van der Waals surface area contributed by atoms with Crippen LogP contribution in [-0.2, 0) is 0 Å². The van der Waals surface area contributed by atoms with E-state index < -0.39 is 0 Å². The summed E-state index contributed by atoms with van der Waals surface area (Å²) in [5, 5.41) is 0. The molecule has 0 atom stereocenters. The summed E-state index contributed by atoms with van der Waals surface area (Å²) in [6.07, 6.45) is 8.50. The predicted molar refractivity (Wildman–Crippen MR) is 84.9 cm³/mol. The van der Waals surface area contributed by atoms with Crippen molar-refractivity contribution in [3.63, 3.8) is 0 Å². The van der Waals surface area contributed by atoms with E-state index in [0.29, 0.717) is 0 Å². The van der Waals surface area contributed by atoms with Crippen LogP contribution in [0.3, 0.4) is 0 Å². The van der Waals surface area contributed by atoms with Crippen molar-refractivity contribution < 1.29 is 0 Å². The fourth-order valence-corrected chi connectivity index (χ4v) is 2.23. The maximum atomic E-state index is 4.54. The lowest BCUT2D eigenvalue weighted by Gasteiger charge is -2.24. The van der Waals surface area contributed by atoms with E-state index in [-0.39, 0.29) is 0 Å². The van der Waals surface area contributed by atoms with Crippen molar-refractivity contribution in [3.8, 4) is 11.1 Å². The van der Waals surface area contributed by atoms with Crippen molar-refractivity contribution in [2.75, 3.05) is 18.0 Å². The Kier molecular flexibility index (Phi) is 4.88. The van der Waals surface area contributed by atoms with Crippen molar-refractivity contribution in [1.82, 2.24) is 9.97 Å². The molecule has 2 rings (SSSR count). The second-order valence-corrected chi connectivity index (χ2v) is 4.73. The highest BCUT2D eigenvalue weighted by atomic mass is 15.1. The van der Waals surface area contributed by atoms with Gasteiger partial charge in [-0.25, -0.2) is 0 Å². The molecule has 0 aromatic carbocycles. The van der Waals surface area contributed by atoms with Crippen LogP contribution in [0.15, 0.2) is 49.4 Å². The molecular weight excluding hydrogens is 246 g/mol. The average Bonchev–Trinajstić information content (AvgIpc) is 2.50. The molecular formula is C17H21N3. The van der Waals surface area contributed by atoms with Gasteiger partial charge in [-0.1, -0.05) is 12.1 Å². The van der Waals surface area contributed by atoms with Gasteiger partial charge in [-0.05, 0) is 32.4 Å². The van der Waals surface area contributed by atoms with Gasteiger partial charge >= 0.3 is 0 Å². The zero-order chi connectivity index (χ0) is 14.4. The zero-order valence-corrected chi connectivity index (χ0v) is 12.2. The molecule has 0 bridgehead atoms. The number of rotatable bonds is 6. The quantitative estimate of drug-likeness (QED) is 0.744. The highest BCUT2D eigenvalue weighted by Crippen LogP contribution is 2.25. The number of anilines is 1. The lowest BCUT2D eigenvalue weighted by atomic mass is 10.1. The van der Waals surface area contributed by atoms with E-state index in [1.165, 1.54) is 5.69 Å². The summed E-state index contributed by atoms with van der Waals surface area (Å²) in [6, 6.07) is 6.21. The zero-order valence-electron chi connectivity index (χ0n) is 12.2. The van der Waals surface area contributed by atoms with Gasteiger partial charge in [0.1, 0.15) is 0 Å². The first kappa shape index (κ1) is 14.3. The Morgan fingerprint density at radius 3 is 2.80 bits per heavy atom. The van der Waals surface area contributed by atoms with Crippen molar-refractivity contribution in [1.29, 1.82) is 0 Å². The topological polar surface area (TPSA) is 29.0 Å². The minimum Gasteiger partial charge on any atom is -0.370 e. The van der Waals surface area contributed by atoms with E-state index in [1.54, 1.807) is 6.20 Å². The normalized spacial score (nSPS) is 10.3. The molecule has 3 nitrogen and oxygen atoms in total. The van der Waals surface area contributed by atoms with Crippen LogP contribution in [0.1, 0.15) is 19.0 Å². The van der Waals surface area contributed by atoms with Crippen molar-refractivity contribution in [2.45, 2.75) is 20.3 Å². The van der Waals surface area contributed by atoms with Crippen LogP contribution in [0, 0.1) is 6.92 Å². The first-order valence-corrected chi connectivity index (χ1v) is 6.99. The van der Waals surface area contributed by atoms with Crippen molar-refractivity contribution in [2.24, 2.45) is 0 Å². The van der Waals surface area contributed by atoms with Crippen LogP contribution in [-0.4, -0.2) is 23.1 Å². The molecule has 104 valence electrons. The van der Waals surface area contributed by atoms with Gasteiger partial charge in [-0.15, -0.1) is 6.58 Å². The molecule has 2 aromatic heterocycles. The molecule has 0 amide bonds. The summed E-state index contributed by atoms with van der Waals surface area (Å²) in [5.41, 5.74) is 4.45. The Hall–Kier alpha value is -2.16. The third-order valence-corrected chi connectivity index (χ3v) is 3.38. The van der Waals surface area contributed by atoms with Gasteiger partial charge in [0.25, 0.3) is 0 Å². The molecule has 0 aliphatic heterocycles. The molecule has 0 aliphatic carbocycles. The highest BCUT2D eigenvalue weighted by Gasteiger charge is 2.09. The summed E-state index contributed by atoms with van der Waals surface area (Å²) in [5.74, 6) is 0. The summed E-state index contributed by atoms with van der Waals surface area (Å²) >= 11 is 0. The van der Waals surface area contributed by atoms with Crippen LogP contribution in [0.25, 0.3) is 11.1 Å². The maximum absolute atomic E-state index is 4.54. The van der Waals surface area contributed by atoms with E-state index in [4.69, 9.17) is 0 Å². The molecule has 20 heavy (non-hydrogen) atoms. The molecule has 0 N–H and O–H groups in total. The van der Waals surface area contributed by atoms with Gasteiger partial charge in [0.2, 0.25) is 0 Å². The fourth-order valence-electron chi connectivity index (χ4n) is 2.23. The van der Waals surface area contributed by atoms with Gasteiger partial charge < -0.3 is 4.90 Å². The predicted octanol–water partition coefficient (Wildman–Crippen LogP) is 3.85. The third kappa shape index (κ3) is 3.23. The number of aromatic nitrogens is 2. The Morgan fingerprint density at radius 2 is 2.15 bits per heavy atom. The maximum Gasteiger partial charge on any atom is 0.0606 e. The van der Waals surface area contributed by atoms with Gasteiger partial charge in [0, 0.05) is 42.8 Å². The number of hydrogen-bond acceptors (Lipinski definition) is 3. The lowest BCUT2D eigenvalue weighted by Crippen LogP contribution is -2.24. The Labute approximate surface area is 121 Å². The van der Waals surface area contributed by atoms with Crippen LogP contribution in [0.5, 0.6) is 0 Å². The average molecular weight is 267 g/mol. The number of aryl methyl sites for hydroxylation is 1. The van der Waals surface area contributed by atoms with Gasteiger partial charge in [-0.2, -0.15) is 0 Å².